The summed E-state index contributed by atoms with van der Waals surface area (Å²) >= 11 is 0. The number of carbonyl (C=O) groups excluding carboxylic acids is 1. The van der Waals surface area contributed by atoms with Crippen molar-refractivity contribution < 1.29 is 9.18 Å². The van der Waals surface area contributed by atoms with Gasteiger partial charge in [-0.3, -0.25) is 14.2 Å². The van der Waals surface area contributed by atoms with Gasteiger partial charge >= 0.3 is 0 Å². The lowest BCUT2D eigenvalue weighted by molar-refractivity contribution is -0.119. The third kappa shape index (κ3) is 3.85. The van der Waals surface area contributed by atoms with E-state index in [-0.39, 0.29) is 23.8 Å². The molecule has 1 aromatic heterocycles. The van der Waals surface area contributed by atoms with Crippen LogP contribution in [0.2, 0.25) is 0 Å². The standard InChI is InChI=1S/C20H18FN3O2/c1-2-24(17-6-4-3-5-7-17)20(26)13-23-14-22-18(12-19(23)25)15-8-10-16(21)11-9-15/h3-12,14H,2,13H2,1H3. The molecule has 0 saturated carbocycles. The van der Waals surface area contributed by atoms with Gasteiger partial charge in [0.2, 0.25) is 5.91 Å². The maximum atomic E-state index is 13.0. The number of amides is 1. The number of halogens is 1. The van der Waals surface area contributed by atoms with Crippen LogP contribution in [0, 0.1) is 5.82 Å². The van der Waals surface area contributed by atoms with Crippen molar-refractivity contribution in [3.63, 3.8) is 0 Å². The Morgan fingerprint density at radius 2 is 1.81 bits per heavy atom. The molecule has 0 spiro atoms. The Bertz CT molecular complexity index is 953. The van der Waals surface area contributed by atoms with Crippen molar-refractivity contribution in [1.82, 2.24) is 9.55 Å². The predicted octanol–water partition coefficient (Wildman–Crippen LogP) is 3.10. The molecule has 0 aliphatic heterocycles. The van der Waals surface area contributed by atoms with Crippen LogP contribution < -0.4 is 10.5 Å². The van der Waals surface area contributed by atoms with Crippen molar-refractivity contribution in [1.29, 1.82) is 0 Å². The van der Waals surface area contributed by atoms with E-state index < -0.39 is 0 Å². The number of para-hydroxylation sites is 1. The molecule has 1 heterocycles. The van der Waals surface area contributed by atoms with Gasteiger partial charge in [0.15, 0.2) is 0 Å². The molecule has 2 aromatic carbocycles. The first kappa shape index (κ1) is 17.5. The third-order valence-electron chi connectivity index (χ3n) is 4.01. The van der Waals surface area contributed by atoms with Crippen LogP contribution in [0.1, 0.15) is 6.92 Å². The number of benzene rings is 2. The van der Waals surface area contributed by atoms with E-state index in [4.69, 9.17) is 0 Å². The van der Waals surface area contributed by atoms with Crippen molar-refractivity contribution >= 4 is 11.6 Å². The van der Waals surface area contributed by atoms with Crippen LogP contribution in [0.5, 0.6) is 0 Å². The molecular formula is C20H18FN3O2. The Hall–Kier alpha value is -3.28. The van der Waals surface area contributed by atoms with Crippen molar-refractivity contribution in [3.05, 3.63) is 83.2 Å². The van der Waals surface area contributed by atoms with Gasteiger partial charge in [-0.1, -0.05) is 18.2 Å². The molecule has 0 fully saturated rings. The fraction of sp³-hybridized carbons (Fsp3) is 0.150. The largest absolute Gasteiger partial charge is 0.311 e. The molecule has 0 unspecified atom stereocenters. The summed E-state index contributed by atoms with van der Waals surface area (Å²) in [7, 11) is 0. The number of hydrogen-bond acceptors (Lipinski definition) is 3. The van der Waals surface area contributed by atoms with Gasteiger partial charge in [-0.25, -0.2) is 9.37 Å². The summed E-state index contributed by atoms with van der Waals surface area (Å²) in [5.74, 6) is -0.551. The van der Waals surface area contributed by atoms with Crippen LogP contribution in [-0.4, -0.2) is 22.0 Å². The zero-order valence-corrected chi connectivity index (χ0v) is 14.3. The van der Waals surface area contributed by atoms with Crippen molar-refractivity contribution in [2.75, 3.05) is 11.4 Å². The molecule has 0 saturated heterocycles. The second-order valence-corrected chi connectivity index (χ2v) is 5.72. The molecule has 26 heavy (non-hydrogen) atoms. The highest BCUT2D eigenvalue weighted by molar-refractivity contribution is 5.93. The molecule has 0 atom stereocenters. The van der Waals surface area contributed by atoms with Gasteiger partial charge < -0.3 is 4.90 Å². The zero-order chi connectivity index (χ0) is 18.5. The van der Waals surface area contributed by atoms with Gasteiger partial charge in [0.1, 0.15) is 12.4 Å². The number of aromatic nitrogens is 2. The highest BCUT2D eigenvalue weighted by Crippen LogP contribution is 2.16. The first-order valence-electron chi connectivity index (χ1n) is 8.26. The summed E-state index contributed by atoms with van der Waals surface area (Å²) in [6, 6.07) is 16.4. The summed E-state index contributed by atoms with van der Waals surface area (Å²) < 4.78 is 14.3. The average Bonchev–Trinajstić information content (AvgIpc) is 2.65. The summed E-state index contributed by atoms with van der Waals surface area (Å²) in [6.45, 7) is 2.28. The third-order valence-corrected chi connectivity index (χ3v) is 4.01. The fourth-order valence-electron chi connectivity index (χ4n) is 2.67. The molecule has 0 bridgehead atoms. The Kier molecular flexibility index (Phi) is 5.22. The SMILES string of the molecule is CCN(C(=O)Cn1cnc(-c2ccc(F)cc2)cc1=O)c1ccccc1. The monoisotopic (exact) mass is 351 g/mol. The van der Waals surface area contributed by atoms with E-state index in [0.29, 0.717) is 17.8 Å². The molecule has 3 rings (SSSR count). The smallest absolute Gasteiger partial charge is 0.254 e. The minimum Gasteiger partial charge on any atom is -0.311 e. The van der Waals surface area contributed by atoms with Crippen molar-refractivity contribution in [2.45, 2.75) is 13.5 Å². The van der Waals surface area contributed by atoms with E-state index in [1.807, 2.05) is 37.3 Å². The minimum atomic E-state index is -0.353. The van der Waals surface area contributed by atoms with E-state index in [2.05, 4.69) is 4.98 Å². The minimum absolute atomic E-state index is 0.0989. The summed E-state index contributed by atoms with van der Waals surface area (Å²) in [5, 5.41) is 0. The quantitative estimate of drug-likeness (QED) is 0.710. The van der Waals surface area contributed by atoms with Gasteiger partial charge in [-0.05, 0) is 43.3 Å². The molecule has 6 heteroatoms. The summed E-state index contributed by atoms with van der Waals surface area (Å²) in [5.41, 5.74) is 1.52. The lowest BCUT2D eigenvalue weighted by Gasteiger charge is -2.21. The molecule has 132 valence electrons. The van der Waals surface area contributed by atoms with Crippen LogP contribution in [0.3, 0.4) is 0 Å². The predicted molar refractivity (Wildman–Crippen MR) is 98.4 cm³/mol. The maximum Gasteiger partial charge on any atom is 0.254 e. The normalized spacial score (nSPS) is 10.5. The van der Waals surface area contributed by atoms with Gasteiger partial charge in [0, 0.05) is 23.9 Å². The van der Waals surface area contributed by atoms with Crippen molar-refractivity contribution in [3.8, 4) is 11.3 Å². The first-order chi connectivity index (χ1) is 12.6. The van der Waals surface area contributed by atoms with Crippen LogP contribution in [0.25, 0.3) is 11.3 Å². The average molecular weight is 351 g/mol. The van der Waals surface area contributed by atoms with Gasteiger partial charge in [0.05, 0.1) is 12.0 Å². The Balaban J connectivity index is 1.80. The van der Waals surface area contributed by atoms with Crippen LogP contribution >= 0.6 is 0 Å². The fourth-order valence-corrected chi connectivity index (χ4v) is 2.67. The van der Waals surface area contributed by atoms with Crippen molar-refractivity contribution in [2.24, 2.45) is 0 Å². The van der Waals surface area contributed by atoms with E-state index >= 15 is 0 Å². The molecule has 0 N–H and O–H groups in total. The second-order valence-electron chi connectivity index (χ2n) is 5.72. The summed E-state index contributed by atoms with van der Waals surface area (Å²) in [6.07, 6.45) is 1.34. The van der Waals surface area contributed by atoms with Crippen LogP contribution in [-0.2, 0) is 11.3 Å². The van der Waals surface area contributed by atoms with Crippen LogP contribution in [0.15, 0.2) is 71.8 Å². The Morgan fingerprint density at radius 1 is 1.12 bits per heavy atom. The molecule has 0 radical (unpaired) electrons. The van der Waals surface area contributed by atoms with Gasteiger partial charge in [0.25, 0.3) is 5.56 Å². The van der Waals surface area contributed by atoms with Gasteiger partial charge in [-0.15, -0.1) is 0 Å². The highest BCUT2D eigenvalue weighted by Gasteiger charge is 2.15. The number of carbonyl (C=O) groups is 1. The molecule has 5 nitrogen and oxygen atoms in total. The van der Waals surface area contributed by atoms with E-state index in [1.54, 1.807) is 17.0 Å². The van der Waals surface area contributed by atoms with E-state index in [9.17, 15) is 14.0 Å². The molecular weight excluding hydrogens is 333 g/mol. The summed E-state index contributed by atoms with van der Waals surface area (Å²) in [4.78, 5) is 30.8. The highest BCUT2D eigenvalue weighted by atomic mass is 19.1. The second kappa shape index (κ2) is 7.74. The number of rotatable bonds is 5. The zero-order valence-electron chi connectivity index (χ0n) is 14.3. The first-order valence-corrected chi connectivity index (χ1v) is 8.26. The van der Waals surface area contributed by atoms with E-state index in [1.165, 1.54) is 29.1 Å². The number of hydrogen-bond donors (Lipinski definition) is 0. The molecule has 1 amide bonds. The Labute approximate surface area is 150 Å². The number of likely N-dealkylation sites (N-methyl/N-ethyl adjacent to an activating group) is 1. The topological polar surface area (TPSA) is 55.2 Å². The lowest BCUT2D eigenvalue weighted by atomic mass is 10.1. The lowest BCUT2D eigenvalue weighted by Crippen LogP contribution is -2.36. The maximum absolute atomic E-state index is 13.0. The van der Waals surface area contributed by atoms with Gasteiger partial charge in [-0.2, -0.15) is 0 Å². The van der Waals surface area contributed by atoms with E-state index in [0.717, 1.165) is 5.69 Å². The molecule has 3 aromatic rings. The number of anilines is 1. The Morgan fingerprint density at radius 3 is 2.42 bits per heavy atom. The number of nitrogens with zero attached hydrogens (tertiary/aromatic N) is 3. The molecule has 0 aliphatic carbocycles. The van der Waals surface area contributed by atoms with Crippen LogP contribution in [0.4, 0.5) is 10.1 Å². The molecule has 0 aliphatic rings.